The van der Waals surface area contributed by atoms with Crippen LogP contribution in [0.5, 0.6) is 0 Å². The quantitative estimate of drug-likeness (QED) is 0.475. The number of carboxylic acids is 1. The molecular formula is C5H9NO2S. The average molecular weight is 147 g/mol. The highest BCUT2D eigenvalue weighted by atomic mass is 32.2. The van der Waals surface area contributed by atoms with Gasteiger partial charge in [0.05, 0.1) is 5.55 Å². The Bertz CT molecular complexity index is 124. The Balaban J connectivity index is 3.50. The topological polar surface area (TPSA) is 49.7 Å². The normalized spacial score (nSPS) is 14.0. The molecule has 0 fully saturated rings. The van der Waals surface area contributed by atoms with Crippen molar-refractivity contribution in [1.29, 1.82) is 0 Å². The standard InChI is InChI=1S/C5H9NO2S/c1-4(5(7)8)9-3-6-2/h3-4H,1-2H3,(H,7,8)/t4-/m0/s1. The summed E-state index contributed by atoms with van der Waals surface area (Å²) >= 11 is 1.19. The van der Waals surface area contributed by atoms with Crippen LogP contribution in [-0.4, -0.2) is 28.9 Å². The van der Waals surface area contributed by atoms with Gasteiger partial charge in [-0.1, -0.05) is 11.8 Å². The van der Waals surface area contributed by atoms with Crippen molar-refractivity contribution in [2.24, 2.45) is 4.99 Å². The molecule has 0 saturated heterocycles. The first-order valence-corrected chi connectivity index (χ1v) is 3.41. The molecule has 0 unspecified atom stereocenters. The van der Waals surface area contributed by atoms with Crippen molar-refractivity contribution in [2.75, 3.05) is 7.05 Å². The molecule has 3 nitrogen and oxygen atoms in total. The Hall–Kier alpha value is -0.510. The van der Waals surface area contributed by atoms with E-state index in [0.717, 1.165) is 0 Å². The predicted molar refractivity (Wildman–Crippen MR) is 39.1 cm³/mol. The van der Waals surface area contributed by atoms with Gasteiger partial charge in [-0.15, -0.1) is 0 Å². The highest BCUT2D eigenvalue weighted by Crippen LogP contribution is 2.05. The van der Waals surface area contributed by atoms with Crippen LogP contribution in [0.2, 0.25) is 0 Å². The van der Waals surface area contributed by atoms with E-state index in [9.17, 15) is 4.79 Å². The van der Waals surface area contributed by atoms with Crippen LogP contribution >= 0.6 is 11.8 Å². The Morgan fingerprint density at radius 2 is 2.44 bits per heavy atom. The summed E-state index contributed by atoms with van der Waals surface area (Å²) in [6.45, 7) is 1.62. The van der Waals surface area contributed by atoms with E-state index in [-0.39, 0.29) is 0 Å². The highest BCUT2D eigenvalue weighted by molar-refractivity contribution is 8.13. The molecule has 0 aromatic rings. The van der Waals surface area contributed by atoms with Gasteiger partial charge in [-0.3, -0.25) is 9.79 Å². The number of rotatable bonds is 3. The van der Waals surface area contributed by atoms with Gasteiger partial charge in [0.15, 0.2) is 0 Å². The van der Waals surface area contributed by atoms with Gasteiger partial charge >= 0.3 is 5.97 Å². The average Bonchev–Trinajstić information content (AvgIpc) is 1.82. The first kappa shape index (κ1) is 8.49. The van der Waals surface area contributed by atoms with Crippen molar-refractivity contribution in [2.45, 2.75) is 12.2 Å². The lowest BCUT2D eigenvalue weighted by molar-refractivity contribution is -0.136. The third-order valence-corrected chi connectivity index (χ3v) is 1.66. The van der Waals surface area contributed by atoms with E-state index in [4.69, 9.17) is 5.11 Å². The molecule has 9 heavy (non-hydrogen) atoms. The number of aliphatic imine (C=N–C) groups is 1. The number of hydrogen-bond donors (Lipinski definition) is 1. The number of carboxylic acid groups (broad SMARTS) is 1. The van der Waals surface area contributed by atoms with Crippen molar-refractivity contribution in [1.82, 2.24) is 0 Å². The van der Waals surface area contributed by atoms with Gasteiger partial charge in [0, 0.05) is 7.05 Å². The number of thioether (sulfide) groups is 1. The zero-order valence-electron chi connectivity index (χ0n) is 5.37. The molecule has 0 rings (SSSR count). The molecule has 0 bridgehead atoms. The number of nitrogens with zero attached hydrogens (tertiary/aromatic N) is 1. The summed E-state index contributed by atoms with van der Waals surface area (Å²) in [5.74, 6) is -0.806. The maximum atomic E-state index is 10.1. The minimum Gasteiger partial charge on any atom is -0.480 e. The summed E-state index contributed by atoms with van der Waals surface area (Å²) in [6, 6.07) is 0. The monoisotopic (exact) mass is 147 g/mol. The Morgan fingerprint density at radius 1 is 1.89 bits per heavy atom. The largest absolute Gasteiger partial charge is 0.480 e. The first-order valence-electron chi connectivity index (χ1n) is 2.47. The van der Waals surface area contributed by atoms with E-state index in [0.29, 0.717) is 0 Å². The Morgan fingerprint density at radius 3 is 2.78 bits per heavy atom. The van der Waals surface area contributed by atoms with Crippen LogP contribution in [0.3, 0.4) is 0 Å². The number of hydrogen-bond acceptors (Lipinski definition) is 3. The minimum absolute atomic E-state index is 0.395. The molecule has 0 heterocycles. The zero-order chi connectivity index (χ0) is 7.28. The SMILES string of the molecule is CN=CS[C@@H](C)C(=O)O. The molecular weight excluding hydrogens is 138 g/mol. The van der Waals surface area contributed by atoms with Crippen LogP contribution < -0.4 is 0 Å². The number of aliphatic carboxylic acids is 1. The van der Waals surface area contributed by atoms with Gasteiger partial charge in [-0.05, 0) is 6.92 Å². The van der Waals surface area contributed by atoms with Gasteiger partial charge < -0.3 is 5.11 Å². The molecule has 52 valence electrons. The van der Waals surface area contributed by atoms with Crippen molar-refractivity contribution < 1.29 is 9.90 Å². The lowest BCUT2D eigenvalue weighted by Crippen LogP contribution is -2.10. The molecule has 0 aliphatic rings. The van der Waals surface area contributed by atoms with Crippen LogP contribution in [0, 0.1) is 0 Å². The van der Waals surface area contributed by atoms with Crippen LogP contribution in [0.4, 0.5) is 0 Å². The molecule has 1 atom stereocenters. The van der Waals surface area contributed by atoms with Gasteiger partial charge in [0.2, 0.25) is 0 Å². The van der Waals surface area contributed by atoms with E-state index >= 15 is 0 Å². The molecule has 0 aliphatic carbocycles. The summed E-state index contributed by atoms with van der Waals surface area (Å²) in [4.78, 5) is 13.8. The third-order valence-electron chi connectivity index (χ3n) is 0.718. The lowest BCUT2D eigenvalue weighted by atomic mass is 10.5. The molecule has 0 aromatic carbocycles. The van der Waals surface area contributed by atoms with E-state index < -0.39 is 11.2 Å². The van der Waals surface area contributed by atoms with Crippen LogP contribution in [0.1, 0.15) is 6.92 Å². The van der Waals surface area contributed by atoms with Gasteiger partial charge in [-0.25, -0.2) is 0 Å². The summed E-state index contributed by atoms with van der Waals surface area (Å²) in [5.41, 5.74) is 1.53. The maximum absolute atomic E-state index is 10.1. The fraction of sp³-hybridized carbons (Fsp3) is 0.600. The van der Waals surface area contributed by atoms with E-state index in [1.807, 2.05) is 0 Å². The van der Waals surface area contributed by atoms with Crippen molar-refractivity contribution in [3.8, 4) is 0 Å². The highest BCUT2D eigenvalue weighted by Gasteiger charge is 2.08. The van der Waals surface area contributed by atoms with Gasteiger partial charge in [-0.2, -0.15) is 0 Å². The predicted octanol–water partition coefficient (Wildman–Crippen LogP) is 0.851. The first-order chi connectivity index (χ1) is 4.18. The summed E-state index contributed by atoms with van der Waals surface area (Å²) in [6.07, 6.45) is 0. The summed E-state index contributed by atoms with van der Waals surface area (Å²) in [5, 5.41) is 7.93. The Labute approximate surface area is 58.2 Å². The van der Waals surface area contributed by atoms with Gasteiger partial charge in [0.25, 0.3) is 0 Å². The van der Waals surface area contributed by atoms with Crippen molar-refractivity contribution in [3.05, 3.63) is 0 Å². The van der Waals surface area contributed by atoms with Crippen LogP contribution in [-0.2, 0) is 4.79 Å². The molecule has 0 radical (unpaired) electrons. The second-order valence-corrected chi connectivity index (χ2v) is 2.67. The second-order valence-electron chi connectivity index (χ2n) is 1.48. The smallest absolute Gasteiger partial charge is 0.316 e. The second kappa shape index (κ2) is 4.38. The fourth-order valence-electron chi connectivity index (χ4n) is 0.210. The third kappa shape index (κ3) is 4.02. The minimum atomic E-state index is -0.806. The molecule has 1 N–H and O–H groups in total. The van der Waals surface area contributed by atoms with E-state index in [1.54, 1.807) is 14.0 Å². The van der Waals surface area contributed by atoms with Crippen molar-refractivity contribution >= 4 is 23.3 Å². The molecule has 0 aromatic heterocycles. The van der Waals surface area contributed by atoms with Crippen LogP contribution in [0.25, 0.3) is 0 Å². The molecule has 0 spiro atoms. The molecule has 0 aliphatic heterocycles. The lowest BCUT2D eigenvalue weighted by Gasteiger charge is -1.97. The Kier molecular flexibility index (Phi) is 4.13. The summed E-state index contributed by atoms with van der Waals surface area (Å²) < 4.78 is 0. The zero-order valence-corrected chi connectivity index (χ0v) is 6.18. The maximum Gasteiger partial charge on any atom is 0.316 e. The van der Waals surface area contributed by atoms with Gasteiger partial charge in [0.1, 0.15) is 5.25 Å². The number of carbonyl (C=O) groups is 1. The summed E-state index contributed by atoms with van der Waals surface area (Å²) in [7, 11) is 1.61. The van der Waals surface area contributed by atoms with E-state index in [2.05, 4.69) is 4.99 Å². The molecule has 0 saturated carbocycles. The van der Waals surface area contributed by atoms with Crippen molar-refractivity contribution in [3.63, 3.8) is 0 Å². The molecule has 4 heteroatoms. The van der Waals surface area contributed by atoms with E-state index in [1.165, 1.54) is 17.3 Å². The fourth-order valence-corrected chi connectivity index (χ4v) is 0.631. The molecule has 0 amide bonds. The van der Waals surface area contributed by atoms with Crippen LogP contribution in [0.15, 0.2) is 4.99 Å².